The fourth-order valence-electron chi connectivity index (χ4n) is 3.35. The summed E-state index contributed by atoms with van der Waals surface area (Å²) in [6, 6.07) is 0. The van der Waals surface area contributed by atoms with Gasteiger partial charge in [-0.25, -0.2) is 5.21 Å². The van der Waals surface area contributed by atoms with E-state index in [-0.39, 0.29) is 4.65 Å². The molecule has 0 saturated carbocycles. The van der Waals surface area contributed by atoms with Gasteiger partial charge in [0, 0.05) is 0 Å². The zero-order chi connectivity index (χ0) is 23.4. The molecule has 5 N–H and O–H groups in total. The van der Waals surface area contributed by atoms with E-state index in [1.165, 1.54) is 0 Å². The minimum absolute atomic E-state index is 0.125. The zero-order valence-electron chi connectivity index (χ0n) is 16.7. The van der Waals surface area contributed by atoms with E-state index in [0.29, 0.717) is 25.4 Å². The molecule has 0 amide bonds. The van der Waals surface area contributed by atoms with E-state index >= 15 is 0 Å². The van der Waals surface area contributed by atoms with E-state index < -0.39 is 51.5 Å². The Hall–Kier alpha value is -1.04. The van der Waals surface area contributed by atoms with E-state index in [9.17, 15) is 5.21 Å². The minimum atomic E-state index is -6.06. The number of hydroxylamine groups is 3. The first kappa shape index (κ1) is 26.2. The predicted octanol–water partition coefficient (Wildman–Crippen LogP) is -2.53. The number of rotatable bonds is 0. The van der Waals surface area contributed by atoms with E-state index in [1.54, 1.807) is 7.05 Å². The third-order valence-electron chi connectivity index (χ3n) is 5.09. The quantitative estimate of drug-likeness (QED) is 0.140. The molecule has 0 aromatic rings. The number of aliphatic hydroxyl groups is 4. The van der Waals surface area contributed by atoms with Crippen LogP contribution in [0.3, 0.4) is 0 Å². The Morgan fingerprint density at radius 1 is 0.742 bits per heavy atom. The number of morpholine rings is 1. The standard InChI is InChI=1S/C6H10O5.C6H6O.C5H12NO2.4O.Os/c7-1-2(8)6-4(10)3(9)5(1)11-6;1-2-6-4-3-5(1)7-6;1-6(7)2-4-8-5-3-6;;;;;/h1-10H;1-6H;7H,2-5H2,1H3;;;;;/q;;+1;;;;;/t1-,2?,3?,4?,5?,6?;;;;;;;/m0......./s1. The third kappa shape index (κ3) is 8.10. The van der Waals surface area contributed by atoms with Crippen molar-refractivity contribution < 1.29 is 73.5 Å². The van der Waals surface area contributed by atoms with Crippen LogP contribution in [0.15, 0.2) is 24.3 Å². The first-order valence-corrected chi connectivity index (χ1v) is 13.6. The number of hydrogen-bond donors (Lipinski definition) is 5. The van der Waals surface area contributed by atoms with Crippen LogP contribution in [-0.4, -0.2) is 112 Å². The van der Waals surface area contributed by atoms with Gasteiger partial charge in [0.25, 0.3) is 0 Å². The second-order valence-corrected chi connectivity index (χ2v) is 10.2. The molecule has 4 bridgehead atoms. The van der Waals surface area contributed by atoms with Crippen LogP contribution in [0.2, 0.25) is 0 Å². The van der Waals surface area contributed by atoms with Crippen LogP contribution < -0.4 is 0 Å². The summed E-state index contributed by atoms with van der Waals surface area (Å²) < 4.78 is 49.9. The summed E-state index contributed by atoms with van der Waals surface area (Å²) in [4.78, 5) is 0. The molecular formula is C17H28NO12Os+. The molecule has 5 aliphatic rings. The number of quaternary nitrogens is 1. The molecule has 0 aromatic carbocycles. The zero-order valence-corrected chi connectivity index (χ0v) is 19.2. The van der Waals surface area contributed by atoms with Crippen LogP contribution in [-0.2, 0) is 43.2 Å². The van der Waals surface area contributed by atoms with Crippen molar-refractivity contribution in [2.45, 2.75) is 48.8 Å². The van der Waals surface area contributed by atoms with Crippen LogP contribution >= 0.6 is 0 Å². The Balaban J connectivity index is 0.000000153. The second-order valence-electron chi connectivity index (χ2n) is 7.61. The van der Waals surface area contributed by atoms with Crippen molar-refractivity contribution in [1.82, 2.24) is 0 Å². The maximum atomic E-state index is 9.23. The van der Waals surface area contributed by atoms with Crippen LogP contribution in [0.1, 0.15) is 0 Å². The van der Waals surface area contributed by atoms with Gasteiger partial charge < -0.3 is 34.6 Å². The normalized spacial score (nSPS) is 40.8. The fourth-order valence-corrected chi connectivity index (χ4v) is 3.35. The number of ether oxygens (including phenoxy) is 3. The van der Waals surface area contributed by atoms with Crippen molar-refractivity contribution in [3.05, 3.63) is 24.3 Å². The average molecular weight is 629 g/mol. The molecule has 3 saturated heterocycles. The Morgan fingerprint density at radius 3 is 1.23 bits per heavy atom. The maximum absolute atomic E-state index is 9.23. The molecule has 5 unspecified atom stereocenters. The fraction of sp³-hybridized carbons (Fsp3) is 0.765. The number of hydrogen-bond acceptors (Lipinski definition) is 12. The van der Waals surface area contributed by atoms with Crippen LogP contribution in [0.4, 0.5) is 0 Å². The van der Waals surface area contributed by atoms with Crippen LogP contribution in [0, 0.1) is 0 Å². The van der Waals surface area contributed by atoms with Gasteiger partial charge in [0.15, 0.2) is 0 Å². The first-order chi connectivity index (χ1) is 14.3. The molecule has 5 heterocycles. The van der Waals surface area contributed by atoms with Crippen molar-refractivity contribution in [3.63, 3.8) is 0 Å². The van der Waals surface area contributed by atoms with Crippen molar-refractivity contribution >= 4 is 0 Å². The summed E-state index contributed by atoms with van der Waals surface area (Å²) in [5, 5.41) is 45.8. The van der Waals surface area contributed by atoms with Crippen LogP contribution in [0.5, 0.6) is 0 Å². The van der Waals surface area contributed by atoms with Gasteiger partial charge in [0.05, 0.1) is 32.5 Å². The van der Waals surface area contributed by atoms with Crippen molar-refractivity contribution in [2.24, 2.45) is 0 Å². The molecule has 0 spiro atoms. The van der Waals surface area contributed by atoms with Crippen molar-refractivity contribution in [2.75, 3.05) is 33.4 Å². The topological polar surface area (TPSA) is 197 Å². The molecule has 0 radical (unpaired) electrons. The van der Waals surface area contributed by atoms with Gasteiger partial charge in [-0.3, -0.25) is 0 Å². The molecule has 5 rings (SSSR count). The SMILES string of the molecule is C1=CC2C=CC1O2.C[N+]1(O)CCOCC1.OC1C(O)C2OC1C(O)[C@@H]2O.[O]=[Os](=[O])(=[O])=[O]. The summed E-state index contributed by atoms with van der Waals surface area (Å²) >= 11 is -6.06. The molecule has 6 atom stereocenters. The Morgan fingerprint density at radius 2 is 1.06 bits per heavy atom. The van der Waals surface area contributed by atoms with E-state index in [1.807, 2.05) is 0 Å². The van der Waals surface area contributed by atoms with Gasteiger partial charge in [0.2, 0.25) is 0 Å². The number of aliphatic hydroxyl groups excluding tert-OH is 4. The first-order valence-electron chi connectivity index (χ1n) is 9.41. The van der Waals surface area contributed by atoms with Gasteiger partial charge in [-0.05, 0) is 0 Å². The number of nitrogens with zero attached hydrogens (tertiary/aromatic N) is 1. The van der Waals surface area contributed by atoms with E-state index in [0.717, 1.165) is 13.1 Å². The van der Waals surface area contributed by atoms with E-state index in [2.05, 4.69) is 24.3 Å². The molecule has 5 aliphatic heterocycles. The average Bonchev–Trinajstić information content (AvgIpc) is 3.42. The number of likely N-dealkylation sites (N-methyl/N-ethyl adjacent to an activating group) is 1. The number of fused-ring (bicyclic) bond motifs is 4. The Labute approximate surface area is 180 Å². The summed E-state index contributed by atoms with van der Waals surface area (Å²) in [6.45, 7) is 2.82. The molecule has 3 fully saturated rings. The third-order valence-corrected chi connectivity index (χ3v) is 5.09. The Kier molecular flexibility index (Phi) is 9.06. The van der Waals surface area contributed by atoms with Gasteiger partial charge >= 0.3 is 29.0 Å². The van der Waals surface area contributed by atoms with Gasteiger partial charge in [-0.1, -0.05) is 24.3 Å². The van der Waals surface area contributed by atoms with Crippen molar-refractivity contribution in [3.8, 4) is 0 Å². The second kappa shape index (κ2) is 10.7. The monoisotopic (exact) mass is 630 g/mol. The summed E-state index contributed by atoms with van der Waals surface area (Å²) in [6.07, 6.45) is 2.98. The van der Waals surface area contributed by atoms with Gasteiger partial charge in [-0.2, -0.15) is 4.65 Å². The molecule has 31 heavy (non-hydrogen) atoms. The molecule has 14 heteroatoms. The van der Waals surface area contributed by atoms with Crippen molar-refractivity contribution in [1.29, 1.82) is 0 Å². The Bertz CT molecular complexity index is 775. The van der Waals surface area contributed by atoms with Gasteiger partial charge in [0.1, 0.15) is 49.7 Å². The molecule has 0 aliphatic carbocycles. The summed E-state index contributed by atoms with van der Waals surface area (Å²) in [7, 11) is 1.79. The molecular weight excluding hydrogens is 600 g/mol. The summed E-state index contributed by atoms with van der Waals surface area (Å²) in [5.41, 5.74) is 0. The van der Waals surface area contributed by atoms with Gasteiger partial charge in [-0.15, -0.1) is 0 Å². The molecule has 0 aromatic heterocycles. The summed E-state index contributed by atoms with van der Waals surface area (Å²) in [5.74, 6) is 0. The molecule has 180 valence electrons. The molecule has 13 nitrogen and oxygen atoms in total. The van der Waals surface area contributed by atoms with E-state index in [4.69, 9.17) is 48.8 Å². The predicted molar refractivity (Wildman–Crippen MR) is 90.9 cm³/mol. The van der Waals surface area contributed by atoms with Crippen LogP contribution in [0.25, 0.3) is 0 Å².